The van der Waals surface area contributed by atoms with Crippen LogP contribution in [0.3, 0.4) is 0 Å². The molecule has 33 heavy (non-hydrogen) atoms. The third kappa shape index (κ3) is 4.49. The molecule has 2 fully saturated rings. The number of hydrogen-bond donors (Lipinski definition) is 0. The topological polar surface area (TPSA) is 73.8 Å². The lowest BCUT2D eigenvalue weighted by molar-refractivity contribution is 0.0746. The molecule has 1 aromatic heterocycles. The molecule has 0 bridgehead atoms. The predicted molar refractivity (Wildman–Crippen MR) is 131 cm³/mol. The minimum Gasteiger partial charge on any atom is -0.345 e. The van der Waals surface area contributed by atoms with Crippen LogP contribution >= 0.6 is 11.3 Å². The summed E-state index contributed by atoms with van der Waals surface area (Å²) in [7, 11) is -3.52. The van der Waals surface area contributed by atoms with Gasteiger partial charge in [-0.3, -0.25) is 4.79 Å². The molecule has 0 aliphatic carbocycles. The number of aromatic nitrogens is 1. The van der Waals surface area contributed by atoms with E-state index in [9.17, 15) is 13.2 Å². The fourth-order valence-electron chi connectivity index (χ4n) is 4.56. The predicted octanol–water partition coefficient (Wildman–Crippen LogP) is 3.68. The summed E-state index contributed by atoms with van der Waals surface area (Å²) >= 11 is 1.68. The number of thiazole rings is 1. The Labute approximate surface area is 198 Å². The van der Waals surface area contributed by atoms with Gasteiger partial charge in [-0.2, -0.15) is 4.31 Å². The van der Waals surface area contributed by atoms with Crippen molar-refractivity contribution in [2.45, 2.75) is 24.7 Å². The highest BCUT2D eigenvalue weighted by Gasteiger charge is 2.29. The monoisotopic (exact) mass is 484 g/mol. The zero-order valence-electron chi connectivity index (χ0n) is 18.7. The third-order valence-corrected chi connectivity index (χ3v) is 9.46. The van der Waals surface area contributed by atoms with E-state index in [1.165, 1.54) is 4.70 Å². The molecule has 0 saturated carbocycles. The van der Waals surface area contributed by atoms with Gasteiger partial charge >= 0.3 is 0 Å². The number of para-hydroxylation sites is 1. The van der Waals surface area contributed by atoms with E-state index in [1.807, 2.05) is 23.1 Å². The second kappa shape index (κ2) is 9.04. The van der Waals surface area contributed by atoms with Crippen LogP contribution in [0.25, 0.3) is 10.2 Å². The van der Waals surface area contributed by atoms with E-state index in [1.54, 1.807) is 39.9 Å². The molecular weight excluding hydrogens is 456 g/mol. The number of amides is 1. The molecule has 1 unspecified atom stereocenters. The number of sulfonamides is 1. The molecule has 2 aromatic carbocycles. The van der Waals surface area contributed by atoms with E-state index in [0.29, 0.717) is 37.7 Å². The summed E-state index contributed by atoms with van der Waals surface area (Å²) in [6, 6.07) is 14.5. The average molecular weight is 485 g/mol. The first kappa shape index (κ1) is 22.3. The second-order valence-electron chi connectivity index (χ2n) is 8.88. The Kier molecular flexibility index (Phi) is 6.11. The van der Waals surface area contributed by atoms with Gasteiger partial charge in [0.25, 0.3) is 5.91 Å². The third-order valence-electron chi connectivity index (χ3n) is 6.48. The summed E-state index contributed by atoms with van der Waals surface area (Å²) in [4.78, 5) is 22.1. The van der Waals surface area contributed by atoms with Crippen molar-refractivity contribution in [1.82, 2.24) is 14.2 Å². The molecule has 0 spiro atoms. The van der Waals surface area contributed by atoms with E-state index in [2.05, 4.69) is 17.9 Å². The number of hydrogen-bond acceptors (Lipinski definition) is 6. The maximum atomic E-state index is 13.0. The average Bonchev–Trinajstić information content (AvgIpc) is 3.28. The zero-order chi connectivity index (χ0) is 23.0. The van der Waals surface area contributed by atoms with Gasteiger partial charge in [-0.15, -0.1) is 0 Å². The Morgan fingerprint density at radius 2 is 1.73 bits per heavy atom. The molecule has 3 aromatic rings. The summed E-state index contributed by atoms with van der Waals surface area (Å²) in [6.45, 7) is 5.88. The summed E-state index contributed by atoms with van der Waals surface area (Å²) < 4.78 is 28.7. The Balaban J connectivity index is 1.23. The molecule has 1 amide bonds. The molecule has 3 heterocycles. The minimum atomic E-state index is -3.52. The highest BCUT2D eigenvalue weighted by Crippen LogP contribution is 2.29. The van der Waals surface area contributed by atoms with Gasteiger partial charge in [-0.25, -0.2) is 13.4 Å². The molecule has 2 saturated heterocycles. The van der Waals surface area contributed by atoms with Crippen LogP contribution in [0.4, 0.5) is 5.13 Å². The number of rotatable bonds is 4. The van der Waals surface area contributed by atoms with Crippen molar-refractivity contribution in [2.75, 3.05) is 44.2 Å². The van der Waals surface area contributed by atoms with Crippen LogP contribution in [0.15, 0.2) is 53.4 Å². The molecule has 2 aliphatic heterocycles. The van der Waals surface area contributed by atoms with Crippen molar-refractivity contribution in [3.8, 4) is 0 Å². The van der Waals surface area contributed by atoms with Gasteiger partial charge in [-0.05, 0) is 55.2 Å². The van der Waals surface area contributed by atoms with E-state index >= 15 is 0 Å². The fourth-order valence-corrected chi connectivity index (χ4v) is 7.18. The van der Waals surface area contributed by atoms with Crippen LogP contribution in [0, 0.1) is 5.92 Å². The van der Waals surface area contributed by atoms with Gasteiger partial charge in [0.1, 0.15) is 0 Å². The van der Waals surface area contributed by atoms with Gasteiger partial charge in [0.15, 0.2) is 5.13 Å². The number of piperidine rings is 1. The number of carbonyl (C=O) groups is 1. The highest BCUT2D eigenvalue weighted by atomic mass is 32.2. The summed E-state index contributed by atoms with van der Waals surface area (Å²) in [5.41, 5.74) is 1.53. The number of nitrogens with zero attached hydrogens (tertiary/aromatic N) is 4. The maximum absolute atomic E-state index is 13.0. The van der Waals surface area contributed by atoms with Crippen molar-refractivity contribution >= 4 is 42.6 Å². The molecule has 174 valence electrons. The molecule has 0 radical (unpaired) electrons. The van der Waals surface area contributed by atoms with Gasteiger partial charge in [0, 0.05) is 44.8 Å². The quantitative estimate of drug-likeness (QED) is 0.565. The Bertz CT molecular complexity index is 1220. The van der Waals surface area contributed by atoms with E-state index in [4.69, 9.17) is 4.98 Å². The van der Waals surface area contributed by atoms with Crippen molar-refractivity contribution in [3.05, 3.63) is 54.1 Å². The molecule has 0 N–H and O–H groups in total. The number of anilines is 1. The van der Waals surface area contributed by atoms with E-state index in [-0.39, 0.29) is 10.8 Å². The highest BCUT2D eigenvalue weighted by molar-refractivity contribution is 7.89. The summed E-state index contributed by atoms with van der Waals surface area (Å²) in [6.07, 6.45) is 1.95. The second-order valence-corrected chi connectivity index (χ2v) is 11.8. The van der Waals surface area contributed by atoms with Crippen LogP contribution in [0.5, 0.6) is 0 Å². The van der Waals surface area contributed by atoms with Gasteiger partial charge < -0.3 is 9.80 Å². The van der Waals surface area contributed by atoms with Crippen LogP contribution in [-0.2, 0) is 10.0 Å². The fraction of sp³-hybridized carbons (Fsp3) is 0.417. The molecule has 2 aliphatic rings. The number of benzene rings is 2. The first-order chi connectivity index (χ1) is 15.9. The van der Waals surface area contributed by atoms with Crippen molar-refractivity contribution < 1.29 is 13.2 Å². The molecule has 1 atom stereocenters. The Morgan fingerprint density at radius 1 is 1.00 bits per heavy atom. The van der Waals surface area contributed by atoms with Crippen molar-refractivity contribution in [3.63, 3.8) is 0 Å². The molecular formula is C24H28N4O3S2. The lowest BCUT2D eigenvalue weighted by atomic mass is 10.0. The van der Waals surface area contributed by atoms with Crippen molar-refractivity contribution in [2.24, 2.45) is 5.92 Å². The summed E-state index contributed by atoms with van der Waals surface area (Å²) in [5, 5.41) is 0.991. The standard InChI is InChI=1S/C24H28N4O3S2/c1-18-5-4-12-28(17-18)33(30,31)20-10-8-19(9-11-20)23(29)26-13-15-27(16-14-26)24-25-21-6-2-3-7-22(21)32-24/h2-3,6-11,18H,4-5,12-17H2,1H3. The number of piperazine rings is 1. The van der Waals surface area contributed by atoms with Gasteiger partial charge in [0.05, 0.1) is 15.1 Å². The minimum absolute atomic E-state index is 0.0607. The first-order valence-electron chi connectivity index (χ1n) is 11.4. The van der Waals surface area contributed by atoms with Crippen LogP contribution in [0.2, 0.25) is 0 Å². The van der Waals surface area contributed by atoms with Crippen molar-refractivity contribution in [1.29, 1.82) is 0 Å². The lowest BCUT2D eigenvalue weighted by Crippen LogP contribution is -2.48. The van der Waals surface area contributed by atoms with E-state index < -0.39 is 10.0 Å². The van der Waals surface area contributed by atoms with E-state index in [0.717, 1.165) is 36.6 Å². The van der Waals surface area contributed by atoms with Crippen LogP contribution < -0.4 is 4.90 Å². The van der Waals surface area contributed by atoms with Gasteiger partial charge in [0.2, 0.25) is 10.0 Å². The van der Waals surface area contributed by atoms with Gasteiger partial charge in [-0.1, -0.05) is 30.4 Å². The largest absolute Gasteiger partial charge is 0.345 e. The Hall–Kier alpha value is -2.49. The molecule has 9 heteroatoms. The Morgan fingerprint density at radius 3 is 2.42 bits per heavy atom. The lowest BCUT2D eigenvalue weighted by Gasteiger charge is -2.34. The smallest absolute Gasteiger partial charge is 0.253 e. The van der Waals surface area contributed by atoms with Crippen LogP contribution in [0.1, 0.15) is 30.1 Å². The molecule has 7 nitrogen and oxygen atoms in total. The first-order valence-corrected chi connectivity index (χ1v) is 13.7. The SMILES string of the molecule is CC1CCCN(S(=O)(=O)c2ccc(C(=O)N3CCN(c4nc5ccccc5s4)CC3)cc2)C1. The molecule has 5 rings (SSSR count). The van der Waals surface area contributed by atoms with Crippen LogP contribution in [-0.4, -0.2) is 67.8 Å². The maximum Gasteiger partial charge on any atom is 0.253 e. The zero-order valence-corrected chi connectivity index (χ0v) is 20.3. The number of carbonyl (C=O) groups excluding carboxylic acids is 1. The summed E-state index contributed by atoms with van der Waals surface area (Å²) in [5.74, 6) is 0.310. The normalized spacial score (nSPS) is 20.3. The number of fused-ring (bicyclic) bond motifs is 1.